The van der Waals surface area contributed by atoms with Crippen LogP contribution >= 0.6 is 0 Å². The fourth-order valence-electron chi connectivity index (χ4n) is 8.79. The van der Waals surface area contributed by atoms with Gasteiger partial charge in [-0.3, -0.25) is 9.69 Å². The van der Waals surface area contributed by atoms with Crippen LogP contribution in [-0.4, -0.2) is 77.7 Å². The minimum Gasteiger partial charge on any atom is -0.493 e. The van der Waals surface area contributed by atoms with Gasteiger partial charge in [0.1, 0.15) is 11.9 Å². The van der Waals surface area contributed by atoms with E-state index in [1.54, 1.807) is 13.2 Å². The first-order valence-corrected chi connectivity index (χ1v) is 16.1. The van der Waals surface area contributed by atoms with Crippen molar-refractivity contribution in [2.24, 2.45) is 11.8 Å². The molecule has 7 rings (SSSR count). The maximum atomic E-state index is 14.0. The molecule has 242 valence electrons. The van der Waals surface area contributed by atoms with Crippen LogP contribution in [0.2, 0.25) is 0 Å². The summed E-state index contributed by atoms with van der Waals surface area (Å²) in [5.74, 6) is 1.59. The summed E-state index contributed by atoms with van der Waals surface area (Å²) >= 11 is 0. The van der Waals surface area contributed by atoms with Crippen molar-refractivity contribution in [2.75, 3.05) is 26.7 Å². The first kappa shape index (κ1) is 30.4. The molecule has 1 amide bonds. The molecule has 3 fully saturated rings. The van der Waals surface area contributed by atoms with Crippen LogP contribution in [0.4, 0.5) is 13.2 Å². The molecule has 2 bridgehead atoms. The summed E-state index contributed by atoms with van der Waals surface area (Å²) in [7, 11) is 1.63. The molecule has 7 nitrogen and oxygen atoms in total. The van der Waals surface area contributed by atoms with Gasteiger partial charge in [-0.2, -0.15) is 0 Å². The fourth-order valence-corrected chi connectivity index (χ4v) is 8.79. The highest BCUT2D eigenvalue weighted by atomic mass is 19.4. The largest absolute Gasteiger partial charge is 0.573 e. The Morgan fingerprint density at radius 3 is 2.71 bits per heavy atom. The number of carbonyl (C=O) groups excluding carboxylic acids is 1. The van der Waals surface area contributed by atoms with Crippen molar-refractivity contribution in [3.8, 4) is 17.2 Å². The van der Waals surface area contributed by atoms with Crippen molar-refractivity contribution in [3.05, 3.63) is 59.2 Å². The Bertz CT molecular complexity index is 1510. The molecule has 0 unspecified atom stereocenters. The number of methoxy groups -OCH3 is 1. The van der Waals surface area contributed by atoms with Crippen LogP contribution in [0.5, 0.6) is 17.2 Å². The van der Waals surface area contributed by atoms with E-state index in [1.807, 2.05) is 11.0 Å². The molecule has 2 heterocycles. The van der Waals surface area contributed by atoms with Gasteiger partial charge in [0.15, 0.2) is 11.5 Å². The number of carbonyl (C=O) groups is 1. The first-order valence-electron chi connectivity index (χ1n) is 16.1. The molecule has 5 atom stereocenters. The van der Waals surface area contributed by atoms with E-state index in [9.17, 15) is 23.1 Å². The quantitative estimate of drug-likeness (QED) is 0.359. The third-order valence-corrected chi connectivity index (χ3v) is 10.7. The van der Waals surface area contributed by atoms with Crippen LogP contribution in [0.3, 0.4) is 0 Å². The van der Waals surface area contributed by atoms with Crippen LogP contribution in [0.25, 0.3) is 6.08 Å². The molecule has 2 aromatic rings. The molecular weight excluding hydrogens is 585 g/mol. The van der Waals surface area contributed by atoms with Gasteiger partial charge in [-0.25, -0.2) is 0 Å². The molecule has 1 spiro atoms. The van der Waals surface area contributed by atoms with Crippen LogP contribution in [0.1, 0.15) is 62.6 Å². The van der Waals surface area contributed by atoms with E-state index in [2.05, 4.69) is 29.6 Å². The van der Waals surface area contributed by atoms with Crippen molar-refractivity contribution in [1.29, 1.82) is 0 Å². The Kier molecular flexibility index (Phi) is 7.39. The molecule has 2 aliphatic heterocycles. The molecule has 45 heavy (non-hydrogen) atoms. The number of rotatable bonds is 9. The lowest BCUT2D eigenvalue weighted by Gasteiger charge is -2.65. The van der Waals surface area contributed by atoms with E-state index < -0.39 is 23.5 Å². The van der Waals surface area contributed by atoms with Crippen molar-refractivity contribution in [1.82, 2.24) is 9.80 Å². The number of likely N-dealkylation sites (tertiary alicyclic amines) is 1. The van der Waals surface area contributed by atoms with Gasteiger partial charge in [-0.05, 0) is 92.3 Å². The zero-order valence-electron chi connectivity index (χ0n) is 26.0. The predicted molar refractivity (Wildman–Crippen MR) is 162 cm³/mol. The van der Waals surface area contributed by atoms with E-state index in [0.717, 1.165) is 31.5 Å². The number of amides is 1. The Balaban J connectivity index is 1.24. The van der Waals surface area contributed by atoms with Gasteiger partial charge in [0.05, 0.1) is 24.2 Å². The maximum absolute atomic E-state index is 14.0. The monoisotopic (exact) mass is 626 g/mol. The minimum absolute atomic E-state index is 0.0221. The van der Waals surface area contributed by atoms with Crippen molar-refractivity contribution in [2.45, 2.75) is 87.9 Å². The smallest absolute Gasteiger partial charge is 0.493 e. The van der Waals surface area contributed by atoms with E-state index >= 15 is 0 Å². The molecule has 2 aromatic carbocycles. The van der Waals surface area contributed by atoms with Crippen LogP contribution in [-0.2, 0) is 16.6 Å². The molecule has 1 saturated heterocycles. The molecule has 0 radical (unpaired) electrons. The van der Waals surface area contributed by atoms with Crippen LogP contribution in [0, 0.1) is 11.8 Å². The zero-order chi connectivity index (χ0) is 31.7. The van der Waals surface area contributed by atoms with E-state index in [0.29, 0.717) is 42.4 Å². The van der Waals surface area contributed by atoms with Crippen molar-refractivity contribution in [3.63, 3.8) is 0 Å². The van der Waals surface area contributed by atoms with Gasteiger partial charge in [-0.1, -0.05) is 32.0 Å². The Labute approximate surface area is 261 Å². The highest BCUT2D eigenvalue weighted by Gasteiger charge is 2.73. The lowest BCUT2D eigenvalue weighted by Crippen LogP contribution is -2.78. The fraction of sp³-hybridized carbons (Fsp3) is 0.571. The molecule has 3 aliphatic carbocycles. The van der Waals surface area contributed by atoms with Gasteiger partial charge in [0, 0.05) is 30.8 Å². The second-order valence-corrected chi connectivity index (χ2v) is 13.9. The van der Waals surface area contributed by atoms with E-state index in [1.165, 1.54) is 48.8 Å². The number of ether oxygens (including phenoxy) is 3. The number of alkyl halides is 3. The van der Waals surface area contributed by atoms with Gasteiger partial charge < -0.3 is 24.2 Å². The van der Waals surface area contributed by atoms with Gasteiger partial charge in [-0.15, -0.1) is 13.2 Å². The third-order valence-electron chi connectivity index (χ3n) is 10.7. The number of hydrogen-bond acceptors (Lipinski definition) is 6. The average molecular weight is 627 g/mol. The highest BCUT2D eigenvalue weighted by molar-refractivity contribution is 5.92. The van der Waals surface area contributed by atoms with Crippen molar-refractivity contribution >= 4 is 12.0 Å². The molecular formula is C35H41F3N2O5. The van der Waals surface area contributed by atoms with E-state index in [4.69, 9.17) is 9.47 Å². The summed E-state index contributed by atoms with van der Waals surface area (Å²) in [5.41, 5.74) is 0.971. The van der Waals surface area contributed by atoms with Crippen molar-refractivity contribution < 1.29 is 37.3 Å². The topological polar surface area (TPSA) is 71.5 Å². The Hall–Kier alpha value is -3.24. The normalized spacial score (nSPS) is 30.3. The number of nitrogens with zero attached hydrogens (tertiary/aromatic N) is 2. The summed E-state index contributed by atoms with van der Waals surface area (Å²) in [5, 5.41) is 12.9. The summed E-state index contributed by atoms with van der Waals surface area (Å²) < 4.78 is 55.1. The van der Waals surface area contributed by atoms with E-state index in [-0.39, 0.29) is 29.7 Å². The zero-order valence-corrected chi connectivity index (χ0v) is 26.0. The summed E-state index contributed by atoms with van der Waals surface area (Å²) in [4.78, 5) is 18.4. The minimum atomic E-state index is -4.80. The third kappa shape index (κ3) is 5.08. The number of hydrogen-bond donors (Lipinski definition) is 1. The average Bonchev–Trinajstić information content (AvgIpc) is 3.73. The standard InChI is InChI=1S/C35H41F3N2O5/c1-21(2)19-40(29(41)12-9-22-5-4-6-25(17-22)45-35(36,37)38)26-13-14-34(42)28-18-24-10-11-27(43-3)31-30(24)33(34,32(26)44-31)15-16-39(28)20-23-7-8-23/h4-6,9-12,17,21,23,26,28,32,42H,7-8,13-16,18-20H2,1-3H3/t26-,28+,32-,33-,34+/m0/s1. The molecule has 5 aliphatic rings. The number of benzene rings is 2. The van der Waals surface area contributed by atoms with Crippen LogP contribution < -0.4 is 14.2 Å². The molecule has 1 N–H and O–H groups in total. The second-order valence-electron chi connectivity index (χ2n) is 13.9. The first-order chi connectivity index (χ1) is 21.4. The van der Waals surface area contributed by atoms with Gasteiger partial charge in [0.2, 0.25) is 5.91 Å². The summed E-state index contributed by atoms with van der Waals surface area (Å²) in [6.45, 7) is 6.45. The highest BCUT2D eigenvalue weighted by Crippen LogP contribution is 2.66. The predicted octanol–water partition coefficient (Wildman–Crippen LogP) is 5.72. The SMILES string of the molecule is COc1ccc2c3c1O[C@H]1[C@@H](N(CC(C)C)C(=O)C=Cc4cccc(OC(F)(F)F)c4)CC[C@@]4(O)[C@@H](C2)N(CC2CC2)CC[C@]314. The lowest BCUT2D eigenvalue weighted by molar-refractivity contribution is -0.274. The summed E-state index contributed by atoms with van der Waals surface area (Å²) in [6, 6.07) is 9.31. The molecule has 0 aromatic heterocycles. The number of halogens is 3. The van der Waals surface area contributed by atoms with Gasteiger partial charge in [0.25, 0.3) is 0 Å². The maximum Gasteiger partial charge on any atom is 0.573 e. The molecule has 10 heteroatoms. The number of aliphatic hydroxyl groups is 1. The van der Waals surface area contributed by atoms with Gasteiger partial charge >= 0.3 is 6.36 Å². The summed E-state index contributed by atoms with van der Waals surface area (Å²) in [6.07, 6.45) is 2.77. The molecule has 2 saturated carbocycles. The Morgan fingerprint density at radius 2 is 2.00 bits per heavy atom. The lowest BCUT2D eigenvalue weighted by atomic mass is 9.48. The Morgan fingerprint density at radius 1 is 1.20 bits per heavy atom. The number of piperidine rings is 1. The second kappa shape index (κ2) is 10.9. The van der Waals surface area contributed by atoms with Crippen LogP contribution in [0.15, 0.2) is 42.5 Å².